The van der Waals surface area contributed by atoms with Crippen LogP contribution in [0.15, 0.2) is 59.5 Å². The molecule has 2 aliphatic heterocycles. The van der Waals surface area contributed by atoms with Crippen LogP contribution in [0.2, 0.25) is 0 Å². The molecule has 5 nitrogen and oxygen atoms in total. The van der Waals surface area contributed by atoms with E-state index in [4.69, 9.17) is 0 Å². The molecule has 0 spiro atoms. The predicted octanol–water partition coefficient (Wildman–Crippen LogP) is 1.86. The van der Waals surface area contributed by atoms with E-state index in [-0.39, 0.29) is 17.9 Å². The third-order valence-corrected chi connectivity index (χ3v) is 6.65. The molecule has 0 saturated carbocycles. The third kappa shape index (κ3) is 2.61. The van der Waals surface area contributed by atoms with E-state index >= 15 is 0 Å². The summed E-state index contributed by atoms with van der Waals surface area (Å²) in [5, 5.41) is 2.85. The summed E-state index contributed by atoms with van der Waals surface area (Å²) in [6.45, 7) is 0.769. The van der Waals surface area contributed by atoms with E-state index < -0.39 is 10.0 Å². The summed E-state index contributed by atoms with van der Waals surface area (Å²) in [5.41, 5.74) is 2.04. The van der Waals surface area contributed by atoms with Crippen molar-refractivity contribution in [3.05, 3.63) is 54.6 Å². The van der Waals surface area contributed by atoms with Gasteiger partial charge in [-0.05, 0) is 23.3 Å². The first-order valence-corrected chi connectivity index (χ1v) is 9.43. The lowest BCUT2D eigenvalue weighted by Crippen LogP contribution is -2.35. The Kier molecular flexibility index (Phi) is 3.66. The van der Waals surface area contributed by atoms with Crippen molar-refractivity contribution >= 4 is 15.9 Å². The Balaban J connectivity index is 1.56. The molecular weight excluding hydrogens is 324 g/mol. The van der Waals surface area contributed by atoms with E-state index in [1.54, 1.807) is 12.1 Å². The van der Waals surface area contributed by atoms with Crippen LogP contribution in [0, 0.1) is 5.92 Å². The molecule has 124 valence electrons. The number of carbonyl (C=O) groups is 1. The first kappa shape index (κ1) is 15.4. The van der Waals surface area contributed by atoms with Crippen molar-refractivity contribution in [3.63, 3.8) is 0 Å². The zero-order valence-corrected chi connectivity index (χ0v) is 13.9. The van der Waals surface area contributed by atoms with Crippen LogP contribution in [-0.4, -0.2) is 37.8 Å². The summed E-state index contributed by atoms with van der Waals surface area (Å²) in [7, 11) is -3.52. The maximum Gasteiger partial charge on any atom is 0.243 e. The number of sulfonamides is 1. The van der Waals surface area contributed by atoms with Crippen LogP contribution in [0.4, 0.5) is 0 Å². The molecule has 2 fully saturated rings. The fourth-order valence-electron chi connectivity index (χ4n) is 3.50. The third-order valence-electron chi connectivity index (χ3n) is 4.80. The van der Waals surface area contributed by atoms with Crippen LogP contribution in [0.5, 0.6) is 0 Å². The molecule has 4 rings (SSSR count). The molecular formula is C18H18N2O3S. The molecule has 0 radical (unpaired) electrons. The summed E-state index contributed by atoms with van der Waals surface area (Å²) < 4.78 is 27.1. The van der Waals surface area contributed by atoms with Gasteiger partial charge in [-0.3, -0.25) is 4.79 Å². The van der Waals surface area contributed by atoms with Crippen molar-refractivity contribution in [3.8, 4) is 11.1 Å². The minimum atomic E-state index is -3.52. The number of amides is 1. The van der Waals surface area contributed by atoms with Gasteiger partial charge in [-0.15, -0.1) is 0 Å². The average Bonchev–Trinajstić information content (AvgIpc) is 3.14. The van der Waals surface area contributed by atoms with Crippen LogP contribution in [-0.2, 0) is 14.8 Å². The highest BCUT2D eigenvalue weighted by Crippen LogP contribution is 2.30. The maximum atomic E-state index is 12.8. The van der Waals surface area contributed by atoms with Gasteiger partial charge in [0.2, 0.25) is 15.9 Å². The normalized spacial score (nSPS) is 23.9. The van der Waals surface area contributed by atoms with Gasteiger partial charge in [0.15, 0.2) is 0 Å². The highest BCUT2D eigenvalue weighted by atomic mass is 32.2. The summed E-state index contributed by atoms with van der Waals surface area (Å²) in [5.74, 6) is 0.116. The Labute approximate surface area is 141 Å². The summed E-state index contributed by atoms with van der Waals surface area (Å²) >= 11 is 0. The van der Waals surface area contributed by atoms with Gasteiger partial charge in [-0.25, -0.2) is 8.42 Å². The van der Waals surface area contributed by atoms with Crippen LogP contribution in [0.3, 0.4) is 0 Å². The summed E-state index contributed by atoms with van der Waals surface area (Å²) in [6.07, 6.45) is 0.420. The number of hydrogen-bond donors (Lipinski definition) is 1. The molecule has 0 unspecified atom stereocenters. The van der Waals surface area contributed by atoms with E-state index in [1.165, 1.54) is 4.31 Å². The van der Waals surface area contributed by atoms with Crippen LogP contribution < -0.4 is 5.32 Å². The van der Waals surface area contributed by atoms with Gasteiger partial charge in [0, 0.05) is 31.5 Å². The van der Waals surface area contributed by atoms with Gasteiger partial charge >= 0.3 is 0 Å². The van der Waals surface area contributed by atoms with E-state index in [2.05, 4.69) is 5.32 Å². The van der Waals surface area contributed by atoms with Crippen molar-refractivity contribution in [1.29, 1.82) is 0 Å². The zero-order valence-electron chi connectivity index (χ0n) is 13.1. The molecule has 2 saturated heterocycles. The van der Waals surface area contributed by atoms with E-state index in [0.717, 1.165) is 11.1 Å². The standard InChI is InChI=1S/C18H18N2O3S/c21-18-10-15-11-20(12-17(15)19-18)24(22,23)16-8-6-14(7-9-16)13-4-2-1-3-5-13/h1-9,15,17H,10-12H2,(H,19,21)/t15-,17+/m0/s1. The van der Waals surface area contributed by atoms with Crippen molar-refractivity contribution in [1.82, 2.24) is 9.62 Å². The molecule has 1 amide bonds. The fraction of sp³-hybridized carbons (Fsp3) is 0.278. The van der Waals surface area contributed by atoms with E-state index in [9.17, 15) is 13.2 Å². The van der Waals surface area contributed by atoms with Crippen LogP contribution >= 0.6 is 0 Å². The molecule has 1 N–H and O–H groups in total. The fourth-order valence-corrected chi connectivity index (χ4v) is 5.02. The Bertz CT molecular complexity index is 847. The maximum absolute atomic E-state index is 12.8. The number of nitrogens with one attached hydrogen (secondary N) is 1. The van der Waals surface area contributed by atoms with E-state index in [1.807, 2.05) is 42.5 Å². The zero-order chi connectivity index (χ0) is 16.7. The topological polar surface area (TPSA) is 66.5 Å². The Morgan fingerprint density at radius 3 is 2.25 bits per heavy atom. The minimum absolute atomic E-state index is 0.0225. The smallest absolute Gasteiger partial charge is 0.243 e. The molecule has 2 aliphatic rings. The SMILES string of the molecule is O=C1C[C@H]2CN(S(=O)(=O)c3ccc(-c4ccccc4)cc3)C[C@H]2N1. The van der Waals surface area contributed by atoms with Crippen molar-refractivity contribution < 1.29 is 13.2 Å². The first-order valence-electron chi connectivity index (χ1n) is 7.99. The van der Waals surface area contributed by atoms with Crippen LogP contribution in [0.1, 0.15) is 6.42 Å². The van der Waals surface area contributed by atoms with Gasteiger partial charge in [-0.1, -0.05) is 42.5 Å². The molecule has 0 aliphatic carbocycles. The molecule has 2 aromatic carbocycles. The van der Waals surface area contributed by atoms with Crippen molar-refractivity contribution in [2.24, 2.45) is 5.92 Å². The van der Waals surface area contributed by atoms with Gasteiger partial charge in [0.05, 0.1) is 4.90 Å². The number of hydrogen-bond acceptors (Lipinski definition) is 3. The van der Waals surface area contributed by atoms with Gasteiger partial charge in [-0.2, -0.15) is 4.31 Å². The lowest BCUT2D eigenvalue weighted by Gasteiger charge is -2.17. The van der Waals surface area contributed by atoms with Crippen molar-refractivity contribution in [2.75, 3.05) is 13.1 Å². The number of carbonyl (C=O) groups excluding carboxylic acids is 1. The second-order valence-electron chi connectivity index (χ2n) is 6.35. The predicted molar refractivity (Wildman–Crippen MR) is 90.7 cm³/mol. The lowest BCUT2D eigenvalue weighted by atomic mass is 10.1. The summed E-state index contributed by atoms with van der Waals surface area (Å²) in [4.78, 5) is 11.7. The number of rotatable bonds is 3. The molecule has 2 atom stereocenters. The quantitative estimate of drug-likeness (QED) is 0.926. The Morgan fingerprint density at radius 2 is 1.58 bits per heavy atom. The minimum Gasteiger partial charge on any atom is -0.352 e. The number of benzene rings is 2. The highest BCUT2D eigenvalue weighted by Gasteiger charge is 2.44. The molecule has 2 aromatic rings. The second-order valence-corrected chi connectivity index (χ2v) is 8.29. The average molecular weight is 342 g/mol. The largest absolute Gasteiger partial charge is 0.352 e. The van der Waals surface area contributed by atoms with E-state index in [0.29, 0.717) is 24.4 Å². The number of fused-ring (bicyclic) bond motifs is 1. The van der Waals surface area contributed by atoms with Crippen molar-refractivity contribution in [2.45, 2.75) is 17.4 Å². The molecule has 24 heavy (non-hydrogen) atoms. The lowest BCUT2D eigenvalue weighted by molar-refractivity contribution is -0.119. The van der Waals surface area contributed by atoms with Crippen LogP contribution in [0.25, 0.3) is 11.1 Å². The number of nitrogens with zero attached hydrogens (tertiary/aromatic N) is 1. The summed E-state index contributed by atoms with van der Waals surface area (Å²) in [6, 6.07) is 16.8. The monoisotopic (exact) mass is 342 g/mol. The van der Waals surface area contributed by atoms with Gasteiger partial charge in [0.1, 0.15) is 0 Å². The molecule has 0 bridgehead atoms. The highest BCUT2D eigenvalue weighted by molar-refractivity contribution is 7.89. The molecule has 2 heterocycles. The van der Waals surface area contributed by atoms with Gasteiger partial charge in [0.25, 0.3) is 0 Å². The second kappa shape index (κ2) is 5.72. The molecule has 0 aromatic heterocycles. The Morgan fingerprint density at radius 1 is 0.917 bits per heavy atom. The van der Waals surface area contributed by atoms with Gasteiger partial charge < -0.3 is 5.32 Å². The first-order chi connectivity index (χ1) is 11.5. The molecule has 6 heteroatoms. The Hall–Kier alpha value is -2.18.